The molecular formula is C31H5F6N9. The van der Waals surface area contributed by atoms with Crippen LogP contribution >= 0.6 is 0 Å². The van der Waals surface area contributed by atoms with Gasteiger partial charge in [0.05, 0.1) is 67.3 Å². The highest BCUT2D eigenvalue weighted by molar-refractivity contribution is 5.86. The topological polar surface area (TPSA) is 214 Å². The molecule has 0 aromatic heterocycles. The molecule has 3 aromatic rings. The smallest absolute Gasteiger partial charge is 0.192 e. The minimum atomic E-state index is -5.10. The maximum atomic E-state index is 13.7. The lowest BCUT2D eigenvalue weighted by Gasteiger charge is -2.13. The molecule has 0 saturated heterocycles. The second-order valence-corrected chi connectivity index (χ2v) is 8.74. The molecule has 0 N–H and O–H groups in total. The van der Waals surface area contributed by atoms with Gasteiger partial charge in [0.15, 0.2) is 0 Å². The summed E-state index contributed by atoms with van der Waals surface area (Å²) in [6.45, 7) is 0. The first-order valence-electron chi connectivity index (χ1n) is 11.8. The Morgan fingerprint density at radius 1 is 0.435 bits per heavy atom. The molecule has 3 aromatic carbocycles. The number of alkyl halides is 6. The standard InChI is InChI=1S/C31H5F6N9/c32-30(33,34)18-1-15(6-38)23(9-41)21(4-18)25(11-43)20-3-17(8-40)29(28(14-46)26(20)12-44)27(13-45)22-5-19(31(35,36)37)2-16(7-39)24(22)10-42/h1-5H/b25-20+,29-27+. The van der Waals surface area contributed by atoms with Gasteiger partial charge in [-0.3, -0.25) is 0 Å². The highest BCUT2D eigenvalue weighted by Gasteiger charge is 2.34. The molecule has 0 atom stereocenters. The Hall–Kier alpha value is -7.61. The Morgan fingerprint density at radius 2 is 0.826 bits per heavy atom. The lowest BCUT2D eigenvalue weighted by atomic mass is 9.87. The Kier molecular flexibility index (Phi) is 8.81. The second kappa shape index (κ2) is 12.3. The number of benzene rings is 3. The molecule has 0 amide bonds. The SMILES string of the molecule is N#C/C(c1cc(C(F)(F)F)cc(C#N)c1C#N)=c1/cc(C#N)/c(=C(/C#N)c2cc(C(F)(F)F)cc(C#N)c2C#N)c(C#N)c1C#N. The van der Waals surface area contributed by atoms with Crippen LogP contribution in [0.3, 0.4) is 0 Å². The molecule has 0 radical (unpaired) electrons. The lowest BCUT2D eigenvalue weighted by molar-refractivity contribution is -0.138. The third-order valence-corrected chi connectivity index (χ3v) is 6.35. The number of rotatable bonds is 2. The minimum absolute atomic E-state index is 0.318. The van der Waals surface area contributed by atoms with E-state index in [1.54, 1.807) is 6.07 Å². The molecule has 46 heavy (non-hydrogen) atoms. The van der Waals surface area contributed by atoms with Crippen molar-refractivity contribution in [1.29, 1.82) is 47.4 Å². The van der Waals surface area contributed by atoms with E-state index in [1.165, 1.54) is 48.6 Å². The van der Waals surface area contributed by atoms with E-state index in [9.17, 15) is 73.7 Å². The number of nitriles is 9. The minimum Gasteiger partial charge on any atom is -0.192 e. The zero-order chi connectivity index (χ0) is 34.6. The van der Waals surface area contributed by atoms with Crippen LogP contribution in [0.2, 0.25) is 0 Å². The monoisotopic (exact) mass is 617 g/mol. The molecule has 3 rings (SSSR count). The van der Waals surface area contributed by atoms with Crippen LogP contribution in [-0.4, -0.2) is 0 Å². The van der Waals surface area contributed by atoms with Crippen molar-refractivity contribution in [2.24, 2.45) is 0 Å². The molecule has 0 aliphatic carbocycles. The summed E-state index contributed by atoms with van der Waals surface area (Å²) in [6, 6.07) is 15.4. The van der Waals surface area contributed by atoms with Crippen LogP contribution in [0.15, 0.2) is 30.3 Å². The molecular weight excluding hydrogens is 612 g/mol. The quantitative estimate of drug-likeness (QED) is 0.375. The predicted molar refractivity (Wildman–Crippen MR) is 138 cm³/mol. The summed E-state index contributed by atoms with van der Waals surface area (Å²) in [5.41, 5.74) is -12.0. The number of hydrogen-bond acceptors (Lipinski definition) is 9. The fraction of sp³-hybridized carbons (Fsp3) is 0.0645. The van der Waals surface area contributed by atoms with Crippen molar-refractivity contribution >= 4 is 11.1 Å². The largest absolute Gasteiger partial charge is 0.416 e. The van der Waals surface area contributed by atoms with Crippen LogP contribution in [0.25, 0.3) is 11.1 Å². The molecule has 0 aliphatic heterocycles. The van der Waals surface area contributed by atoms with Gasteiger partial charge in [0, 0.05) is 21.6 Å². The molecule has 0 fully saturated rings. The first-order chi connectivity index (χ1) is 21.7. The van der Waals surface area contributed by atoms with Crippen molar-refractivity contribution in [3.05, 3.63) is 102 Å². The summed E-state index contributed by atoms with van der Waals surface area (Å²) in [7, 11) is 0. The highest BCUT2D eigenvalue weighted by atomic mass is 19.4. The van der Waals surface area contributed by atoms with Crippen molar-refractivity contribution in [3.63, 3.8) is 0 Å². The predicted octanol–water partition coefficient (Wildman–Crippen LogP) is 4.27. The molecule has 0 heterocycles. The van der Waals surface area contributed by atoms with Crippen molar-refractivity contribution in [2.45, 2.75) is 12.4 Å². The van der Waals surface area contributed by atoms with E-state index in [2.05, 4.69) is 0 Å². The van der Waals surface area contributed by atoms with Crippen molar-refractivity contribution in [2.75, 3.05) is 0 Å². The average molecular weight is 617 g/mol. The fourth-order valence-electron chi connectivity index (χ4n) is 4.40. The van der Waals surface area contributed by atoms with Crippen LogP contribution in [0, 0.1) is 102 Å². The van der Waals surface area contributed by atoms with Gasteiger partial charge in [-0.2, -0.15) is 73.7 Å². The molecule has 0 saturated carbocycles. The van der Waals surface area contributed by atoms with Gasteiger partial charge in [0.25, 0.3) is 0 Å². The first kappa shape index (κ1) is 32.9. The van der Waals surface area contributed by atoms with E-state index in [0.29, 0.717) is 30.3 Å². The van der Waals surface area contributed by atoms with Gasteiger partial charge in [-0.05, 0) is 30.3 Å². The molecule has 0 bridgehead atoms. The molecule has 0 spiro atoms. The fourth-order valence-corrected chi connectivity index (χ4v) is 4.40. The van der Waals surface area contributed by atoms with Crippen LogP contribution < -0.4 is 10.4 Å². The van der Waals surface area contributed by atoms with Crippen molar-refractivity contribution < 1.29 is 26.3 Å². The molecule has 216 valence electrons. The third-order valence-electron chi connectivity index (χ3n) is 6.35. The van der Waals surface area contributed by atoms with Crippen LogP contribution in [0.4, 0.5) is 26.3 Å². The van der Waals surface area contributed by atoms with Crippen molar-refractivity contribution in [1.82, 2.24) is 0 Å². The lowest BCUT2D eigenvalue weighted by Crippen LogP contribution is -2.27. The van der Waals surface area contributed by atoms with Gasteiger partial charge in [-0.1, -0.05) is 0 Å². The zero-order valence-corrected chi connectivity index (χ0v) is 22.2. The van der Waals surface area contributed by atoms with E-state index in [-0.39, 0.29) is 0 Å². The van der Waals surface area contributed by atoms with Crippen LogP contribution in [0.1, 0.15) is 61.2 Å². The van der Waals surface area contributed by atoms with Crippen molar-refractivity contribution in [3.8, 4) is 54.6 Å². The number of hydrogen-bond donors (Lipinski definition) is 0. The maximum Gasteiger partial charge on any atom is 0.416 e. The summed E-state index contributed by atoms with van der Waals surface area (Å²) in [4.78, 5) is 0. The Balaban J connectivity index is 2.81. The van der Waals surface area contributed by atoms with Gasteiger partial charge in [-0.25, -0.2) is 0 Å². The number of nitrogens with zero attached hydrogens (tertiary/aromatic N) is 9. The Bertz CT molecular complexity index is 2390. The molecule has 15 heteroatoms. The van der Waals surface area contributed by atoms with Crippen LogP contribution in [-0.2, 0) is 12.4 Å². The summed E-state index contributed by atoms with van der Waals surface area (Å²) in [5, 5.41) is 86.8. The Morgan fingerprint density at radius 3 is 1.15 bits per heavy atom. The van der Waals surface area contributed by atoms with E-state index >= 15 is 0 Å². The Labute approximate surface area is 253 Å². The second-order valence-electron chi connectivity index (χ2n) is 8.74. The molecule has 0 aliphatic rings. The van der Waals surface area contributed by atoms with E-state index < -0.39 is 95.1 Å². The average Bonchev–Trinajstić information content (AvgIpc) is 3.03. The van der Waals surface area contributed by atoms with Gasteiger partial charge < -0.3 is 0 Å². The van der Waals surface area contributed by atoms with Gasteiger partial charge in [0.1, 0.15) is 48.6 Å². The molecule has 0 unspecified atom stereocenters. The molecule has 9 nitrogen and oxygen atoms in total. The first-order valence-corrected chi connectivity index (χ1v) is 11.8. The van der Waals surface area contributed by atoms with Crippen LogP contribution in [0.5, 0.6) is 0 Å². The zero-order valence-electron chi connectivity index (χ0n) is 22.2. The van der Waals surface area contributed by atoms with E-state index in [4.69, 9.17) is 0 Å². The third kappa shape index (κ3) is 5.58. The van der Waals surface area contributed by atoms with Gasteiger partial charge >= 0.3 is 12.4 Å². The summed E-state index contributed by atoms with van der Waals surface area (Å²) >= 11 is 0. The normalized spacial score (nSPS) is 11.8. The maximum absolute atomic E-state index is 13.7. The van der Waals surface area contributed by atoms with Gasteiger partial charge in [-0.15, -0.1) is 0 Å². The van der Waals surface area contributed by atoms with Gasteiger partial charge in [0.2, 0.25) is 0 Å². The number of halogens is 6. The van der Waals surface area contributed by atoms with E-state index in [1.807, 2.05) is 0 Å². The summed E-state index contributed by atoms with van der Waals surface area (Å²) in [5.74, 6) is 0. The highest BCUT2D eigenvalue weighted by Crippen LogP contribution is 2.35. The summed E-state index contributed by atoms with van der Waals surface area (Å²) in [6.07, 6.45) is -10.2. The van der Waals surface area contributed by atoms with E-state index in [0.717, 1.165) is 0 Å². The summed E-state index contributed by atoms with van der Waals surface area (Å²) < 4.78 is 82.0.